The maximum Gasteiger partial charge on any atom is 0.323 e. The quantitative estimate of drug-likeness (QED) is 0.853. The predicted octanol–water partition coefficient (Wildman–Crippen LogP) is 1.46. The van der Waals surface area contributed by atoms with Crippen molar-refractivity contribution in [1.82, 2.24) is 20.0 Å². The first kappa shape index (κ1) is 16.5. The molecule has 1 aromatic heterocycles. The van der Waals surface area contributed by atoms with Crippen molar-refractivity contribution >= 4 is 23.5 Å². The lowest BCUT2D eigenvalue weighted by atomic mass is 10.1. The summed E-state index contributed by atoms with van der Waals surface area (Å²) in [4.78, 5) is 26.2. The van der Waals surface area contributed by atoms with Crippen molar-refractivity contribution in [2.45, 2.75) is 6.54 Å². The van der Waals surface area contributed by atoms with Crippen LogP contribution in [0.5, 0.6) is 0 Å². The number of aromatic nitrogens is 2. The Morgan fingerprint density at radius 1 is 1.29 bits per heavy atom. The van der Waals surface area contributed by atoms with Gasteiger partial charge in [0.25, 0.3) is 0 Å². The number of piperazine rings is 1. The Balaban J connectivity index is 1.68. The molecule has 126 valence electrons. The highest BCUT2D eigenvalue weighted by Crippen LogP contribution is 2.24. The third-order valence-electron chi connectivity index (χ3n) is 3.97. The number of nitrogens with zero attached hydrogens (tertiary/aromatic N) is 3. The number of carboxylic acid groups (broad SMARTS) is 1. The molecule has 2 aromatic rings. The largest absolute Gasteiger partial charge is 0.480 e. The van der Waals surface area contributed by atoms with E-state index in [0.717, 1.165) is 16.8 Å². The molecule has 1 fully saturated rings. The summed E-state index contributed by atoms with van der Waals surface area (Å²) in [6.07, 6.45) is 1.75. The molecule has 1 aliphatic rings. The van der Waals surface area contributed by atoms with Gasteiger partial charge in [-0.05, 0) is 17.7 Å². The fourth-order valence-electron chi connectivity index (χ4n) is 2.76. The molecule has 1 aliphatic heterocycles. The number of nitrogens with one attached hydrogen (secondary N) is 1. The summed E-state index contributed by atoms with van der Waals surface area (Å²) in [6, 6.07) is 7.45. The van der Waals surface area contributed by atoms with Gasteiger partial charge in [-0.3, -0.25) is 19.6 Å². The molecule has 7 nitrogen and oxygen atoms in total. The number of halogens is 1. The Labute approximate surface area is 143 Å². The van der Waals surface area contributed by atoms with Crippen LogP contribution in [0, 0.1) is 0 Å². The number of aliphatic carboxylic acids is 1. The Morgan fingerprint density at radius 2 is 2.04 bits per heavy atom. The molecular formula is C16H17ClN4O3. The Morgan fingerprint density at radius 3 is 2.71 bits per heavy atom. The highest BCUT2D eigenvalue weighted by molar-refractivity contribution is 6.30. The van der Waals surface area contributed by atoms with Crippen molar-refractivity contribution in [3.05, 3.63) is 41.0 Å². The molecule has 0 spiro atoms. The molecule has 1 aromatic carbocycles. The van der Waals surface area contributed by atoms with Gasteiger partial charge in [-0.25, -0.2) is 0 Å². The Kier molecular flexibility index (Phi) is 4.82. The molecule has 0 atom stereocenters. The molecule has 2 N–H and O–H groups in total. The summed E-state index contributed by atoms with van der Waals surface area (Å²) in [5.74, 6) is -1.16. The van der Waals surface area contributed by atoms with E-state index >= 15 is 0 Å². The Bertz CT molecular complexity index is 744. The monoisotopic (exact) mass is 348 g/mol. The van der Waals surface area contributed by atoms with Gasteiger partial charge in [-0.15, -0.1) is 0 Å². The van der Waals surface area contributed by atoms with E-state index in [2.05, 4.69) is 10.2 Å². The zero-order valence-corrected chi connectivity index (χ0v) is 13.7. The van der Waals surface area contributed by atoms with Crippen LogP contribution in [0.3, 0.4) is 0 Å². The van der Waals surface area contributed by atoms with Gasteiger partial charge in [-0.2, -0.15) is 5.10 Å². The number of aromatic amines is 1. The molecule has 0 radical (unpaired) electrons. The summed E-state index contributed by atoms with van der Waals surface area (Å²) in [6.45, 7) is 1.58. The van der Waals surface area contributed by atoms with E-state index in [-0.39, 0.29) is 19.0 Å². The van der Waals surface area contributed by atoms with Crippen molar-refractivity contribution < 1.29 is 14.7 Å². The SMILES string of the molecule is O=C(O)CN1CCN(Cc2cn[nH]c2-c2ccc(Cl)cc2)CC1=O. The van der Waals surface area contributed by atoms with Crippen LogP contribution in [0.1, 0.15) is 5.56 Å². The lowest BCUT2D eigenvalue weighted by Crippen LogP contribution is -2.51. The smallest absolute Gasteiger partial charge is 0.323 e. The second-order valence-corrected chi connectivity index (χ2v) is 6.13. The van der Waals surface area contributed by atoms with E-state index < -0.39 is 5.97 Å². The normalized spacial score (nSPS) is 15.7. The van der Waals surface area contributed by atoms with Crippen LogP contribution in [0.4, 0.5) is 0 Å². The van der Waals surface area contributed by atoms with Gasteiger partial charge in [0.1, 0.15) is 6.54 Å². The maximum atomic E-state index is 12.0. The fraction of sp³-hybridized carbons (Fsp3) is 0.312. The number of amides is 1. The van der Waals surface area contributed by atoms with Gasteiger partial charge < -0.3 is 10.0 Å². The number of carbonyl (C=O) groups is 2. The number of hydrogen-bond acceptors (Lipinski definition) is 4. The molecular weight excluding hydrogens is 332 g/mol. The van der Waals surface area contributed by atoms with Crippen molar-refractivity contribution in [3.63, 3.8) is 0 Å². The Hall–Kier alpha value is -2.38. The minimum atomic E-state index is -0.989. The summed E-state index contributed by atoms with van der Waals surface area (Å²) in [7, 11) is 0. The molecule has 8 heteroatoms. The van der Waals surface area contributed by atoms with Crippen LogP contribution in [0.25, 0.3) is 11.3 Å². The standard InChI is InChI=1S/C16H17ClN4O3/c17-13-3-1-11(2-4-13)16-12(7-18-19-16)8-20-5-6-21(10-15(23)24)14(22)9-20/h1-4,7H,5-6,8-10H2,(H,18,19)(H,23,24). The molecule has 1 saturated heterocycles. The highest BCUT2D eigenvalue weighted by atomic mass is 35.5. The van der Waals surface area contributed by atoms with Gasteiger partial charge in [0.15, 0.2) is 0 Å². The first-order valence-electron chi connectivity index (χ1n) is 7.53. The topological polar surface area (TPSA) is 89.5 Å². The number of hydrogen-bond donors (Lipinski definition) is 2. The third-order valence-corrected chi connectivity index (χ3v) is 4.22. The lowest BCUT2D eigenvalue weighted by Gasteiger charge is -2.33. The molecule has 0 saturated carbocycles. The number of benzene rings is 1. The van der Waals surface area contributed by atoms with Crippen LogP contribution in [0.2, 0.25) is 5.02 Å². The molecule has 0 unspecified atom stereocenters. The second-order valence-electron chi connectivity index (χ2n) is 5.70. The fourth-order valence-corrected chi connectivity index (χ4v) is 2.89. The average Bonchev–Trinajstić information content (AvgIpc) is 2.98. The van der Waals surface area contributed by atoms with Gasteiger partial charge in [0.05, 0.1) is 18.4 Å². The minimum Gasteiger partial charge on any atom is -0.480 e. The molecule has 0 aliphatic carbocycles. The third kappa shape index (κ3) is 3.74. The van der Waals surface area contributed by atoms with Crippen LogP contribution in [0.15, 0.2) is 30.5 Å². The summed E-state index contributed by atoms with van der Waals surface area (Å²) < 4.78 is 0. The van der Waals surface area contributed by atoms with Crippen LogP contribution in [-0.4, -0.2) is 63.2 Å². The number of carbonyl (C=O) groups excluding carboxylic acids is 1. The molecule has 2 heterocycles. The lowest BCUT2D eigenvalue weighted by molar-refractivity contribution is -0.147. The van der Waals surface area contributed by atoms with Crippen LogP contribution in [-0.2, 0) is 16.1 Å². The van der Waals surface area contributed by atoms with Crippen molar-refractivity contribution in [3.8, 4) is 11.3 Å². The zero-order chi connectivity index (χ0) is 17.1. The van der Waals surface area contributed by atoms with Crippen LogP contribution >= 0.6 is 11.6 Å². The van der Waals surface area contributed by atoms with E-state index in [0.29, 0.717) is 24.7 Å². The zero-order valence-electron chi connectivity index (χ0n) is 12.9. The number of H-pyrrole nitrogens is 1. The minimum absolute atomic E-state index is 0.166. The van der Waals surface area contributed by atoms with E-state index in [4.69, 9.17) is 16.7 Å². The number of rotatable bonds is 5. The van der Waals surface area contributed by atoms with E-state index in [9.17, 15) is 9.59 Å². The first-order valence-corrected chi connectivity index (χ1v) is 7.91. The van der Waals surface area contributed by atoms with Crippen LogP contribution < -0.4 is 0 Å². The molecule has 24 heavy (non-hydrogen) atoms. The van der Waals surface area contributed by atoms with Gasteiger partial charge in [-0.1, -0.05) is 23.7 Å². The predicted molar refractivity (Wildman–Crippen MR) is 88.5 cm³/mol. The van der Waals surface area contributed by atoms with E-state index in [1.807, 2.05) is 29.2 Å². The summed E-state index contributed by atoms with van der Waals surface area (Å²) in [5, 5.41) is 16.6. The maximum absolute atomic E-state index is 12.0. The van der Waals surface area contributed by atoms with Gasteiger partial charge in [0, 0.05) is 30.2 Å². The van der Waals surface area contributed by atoms with Crippen molar-refractivity contribution in [1.29, 1.82) is 0 Å². The van der Waals surface area contributed by atoms with Gasteiger partial charge in [0.2, 0.25) is 5.91 Å². The number of carboxylic acids is 1. The van der Waals surface area contributed by atoms with E-state index in [1.165, 1.54) is 4.90 Å². The highest BCUT2D eigenvalue weighted by Gasteiger charge is 2.26. The van der Waals surface area contributed by atoms with Crippen molar-refractivity contribution in [2.75, 3.05) is 26.2 Å². The average molecular weight is 349 g/mol. The molecule has 3 rings (SSSR count). The first-order chi connectivity index (χ1) is 11.5. The van der Waals surface area contributed by atoms with Crippen molar-refractivity contribution in [2.24, 2.45) is 0 Å². The second kappa shape index (κ2) is 7.02. The summed E-state index contributed by atoms with van der Waals surface area (Å²) >= 11 is 5.92. The van der Waals surface area contributed by atoms with E-state index in [1.54, 1.807) is 6.20 Å². The molecule has 1 amide bonds. The summed E-state index contributed by atoms with van der Waals surface area (Å²) in [5.41, 5.74) is 2.85. The van der Waals surface area contributed by atoms with Gasteiger partial charge >= 0.3 is 5.97 Å². The molecule has 0 bridgehead atoms.